The molecule has 0 unspecified atom stereocenters. The Morgan fingerprint density at radius 2 is 2.22 bits per heavy atom. The summed E-state index contributed by atoms with van der Waals surface area (Å²) in [6, 6.07) is 7.13. The molecule has 18 heavy (non-hydrogen) atoms. The van der Waals surface area contributed by atoms with Gasteiger partial charge in [0.1, 0.15) is 0 Å². The van der Waals surface area contributed by atoms with Crippen molar-refractivity contribution in [1.29, 1.82) is 0 Å². The van der Waals surface area contributed by atoms with Gasteiger partial charge in [-0.15, -0.1) is 0 Å². The SMILES string of the molecule is CN(Cc1cccc(N)c1)S(=O)(=O)c1cnc[nH]1. The molecule has 0 radical (unpaired) electrons. The zero-order chi connectivity index (χ0) is 13.2. The number of hydrogen-bond donors (Lipinski definition) is 2. The van der Waals surface area contributed by atoms with Crippen LogP contribution in [0.25, 0.3) is 0 Å². The van der Waals surface area contributed by atoms with Gasteiger partial charge in [-0.05, 0) is 17.7 Å². The highest BCUT2D eigenvalue weighted by molar-refractivity contribution is 7.89. The molecule has 0 bridgehead atoms. The van der Waals surface area contributed by atoms with E-state index in [2.05, 4.69) is 9.97 Å². The number of hydrogen-bond acceptors (Lipinski definition) is 4. The number of nitrogens with two attached hydrogens (primary N) is 1. The van der Waals surface area contributed by atoms with Gasteiger partial charge < -0.3 is 10.7 Å². The van der Waals surface area contributed by atoms with Crippen LogP contribution >= 0.6 is 0 Å². The van der Waals surface area contributed by atoms with E-state index in [9.17, 15) is 8.42 Å². The van der Waals surface area contributed by atoms with Crippen LogP contribution in [0.3, 0.4) is 0 Å². The third-order valence-corrected chi connectivity index (χ3v) is 4.25. The molecule has 7 heteroatoms. The maximum absolute atomic E-state index is 12.1. The van der Waals surface area contributed by atoms with E-state index >= 15 is 0 Å². The standard InChI is InChI=1S/C11H14N4O2S/c1-15(7-9-3-2-4-10(12)5-9)18(16,17)11-6-13-8-14-11/h2-6,8H,7,12H2,1H3,(H,13,14). The summed E-state index contributed by atoms with van der Waals surface area (Å²) >= 11 is 0. The minimum absolute atomic E-state index is 0.0777. The van der Waals surface area contributed by atoms with Crippen LogP contribution in [-0.4, -0.2) is 29.7 Å². The monoisotopic (exact) mass is 266 g/mol. The van der Waals surface area contributed by atoms with Crippen molar-refractivity contribution < 1.29 is 8.42 Å². The summed E-state index contributed by atoms with van der Waals surface area (Å²) < 4.78 is 25.5. The predicted octanol–water partition coefficient (Wildman–Crippen LogP) is 0.813. The van der Waals surface area contributed by atoms with E-state index in [-0.39, 0.29) is 11.6 Å². The first-order chi connectivity index (χ1) is 8.50. The van der Waals surface area contributed by atoms with Crippen LogP contribution in [0.5, 0.6) is 0 Å². The second-order valence-corrected chi connectivity index (χ2v) is 5.94. The molecule has 0 saturated heterocycles. The fourth-order valence-corrected chi connectivity index (χ4v) is 2.64. The number of nitrogens with zero attached hydrogens (tertiary/aromatic N) is 2. The van der Waals surface area contributed by atoms with Gasteiger partial charge in [-0.3, -0.25) is 0 Å². The lowest BCUT2D eigenvalue weighted by Crippen LogP contribution is -2.26. The van der Waals surface area contributed by atoms with Crippen molar-refractivity contribution >= 4 is 15.7 Å². The molecule has 0 atom stereocenters. The highest BCUT2D eigenvalue weighted by Crippen LogP contribution is 2.15. The molecule has 0 aliphatic rings. The van der Waals surface area contributed by atoms with Crippen molar-refractivity contribution in [3.05, 3.63) is 42.4 Å². The molecule has 1 aromatic carbocycles. The van der Waals surface area contributed by atoms with Crippen molar-refractivity contribution in [2.75, 3.05) is 12.8 Å². The van der Waals surface area contributed by atoms with E-state index < -0.39 is 10.0 Å². The first-order valence-electron chi connectivity index (χ1n) is 5.29. The van der Waals surface area contributed by atoms with E-state index in [1.807, 2.05) is 6.07 Å². The van der Waals surface area contributed by atoms with Gasteiger partial charge in [0.2, 0.25) is 0 Å². The van der Waals surface area contributed by atoms with Crippen LogP contribution in [0.4, 0.5) is 5.69 Å². The van der Waals surface area contributed by atoms with Gasteiger partial charge in [0, 0.05) is 19.3 Å². The number of aromatic nitrogens is 2. The molecular weight excluding hydrogens is 252 g/mol. The Morgan fingerprint density at radius 3 is 2.83 bits per heavy atom. The van der Waals surface area contributed by atoms with Crippen molar-refractivity contribution in [2.24, 2.45) is 0 Å². The summed E-state index contributed by atoms with van der Waals surface area (Å²) in [6.45, 7) is 0.256. The first-order valence-corrected chi connectivity index (χ1v) is 6.73. The summed E-state index contributed by atoms with van der Waals surface area (Å²) in [7, 11) is -2.02. The summed E-state index contributed by atoms with van der Waals surface area (Å²) in [5.41, 5.74) is 7.10. The second-order valence-electron chi connectivity index (χ2n) is 3.92. The van der Waals surface area contributed by atoms with Gasteiger partial charge in [-0.25, -0.2) is 13.4 Å². The van der Waals surface area contributed by atoms with Gasteiger partial charge in [0.15, 0.2) is 5.03 Å². The third-order valence-electron chi connectivity index (χ3n) is 2.52. The number of anilines is 1. The Hall–Kier alpha value is -1.86. The number of nitrogens with one attached hydrogen (secondary N) is 1. The predicted molar refractivity (Wildman–Crippen MR) is 68.1 cm³/mol. The molecule has 96 valence electrons. The molecule has 0 fully saturated rings. The molecule has 1 heterocycles. The highest BCUT2D eigenvalue weighted by Gasteiger charge is 2.22. The van der Waals surface area contributed by atoms with E-state index in [0.29, 0.717) is 5.69 Å². The van der Waals surface area contributed by atoms with Gasteiger partial charge >= 0.3 is 0 Å². The number of sulfonamides is 1. The fraction of sp³-hybridized carbons (Fsp3) is 0.182. The minimum Gasteiger partial charge on any atom is -0.399 e. The number of benzene rings is 1. The lowest BCUT2D eigenvalue weighted by atomic mass is 10.2. The number of aromatic amines is 1. The molecule has 0 spiro atoms. The minimum atomic E-state index is -3.53. The number of H-pyrrole nitrogens is 1. The molecule has 0 aliphatic carbocycles. The number of nitrogen functional groups attached to an aromatic ring is 1. The van der Waals surface area contributed by atoms with Gasteiger partial charge in [-0.2, -0.15) is 4.31 Å². The van der Waals surface area contributed by atoms with Gasteiger partial charge in [0.25, 0.3) is 10.0 Å². The van der Waals surface area contributed by atoms with Crippen molar-refractivity contribution in [3.8, 4) is 0 Å². The van der Waals surface area contributed by atoms with Gasteiger partial charge in [0.05, 0.1) is 12.5 Å². The Balaban J connectivity index is 2.20. The van der Waals surface area contributed by atoms with E-state index in [4.69, 9.17) is 5.73 Å². The van der Waals surface area contributed by atoms with E-state index in [1.165, 1.54) is 23.9 Å². The normalized spacial score (nSPS) is 11.9. The first kappa shape index (κ1) is 12.6. The Morgan fingerprint density at radius 1 is 1.44 bits per heavy atom. The van der Waals surface area contributed by atoms with Crippen LogP contribution < -0.4 is 5.73 Å². The summed E-state index contributed by atoms with van der Waals surface area (Å²) in [6.07, 6.45) is 2.62. The summed E-state index contributed by atoms with van der Waals surface area (Å²) in [5.74, 6) is 0. The topological polar surface area (TPSA) is 92.1 Å². The Kier molecular flexibility index (Phi) is 3.35. The molecule has 2 rings (SSSR count). The molecule has 2 aromatic rings. The van der Waals surface area contributed by atoms with Crippen molar-refractivity contribution in [1.82, 2.24) is 14.3 Å². The maximum Gasteiger partial charge on any atom is 0.260 e. The molecule has 1 aromatic heterocycles. The zero-order valence-electron chi connectivity index (χ0n) is 9.87. The average Bonchev–Trinajstić information content (AvgIpc) is 2.82. The fourth-order valence-electron chi connectivity index (χ4n) is 1.59. The number of rotatable bonds is 4. The van der Waals surface area contributed by atoms with Crippen molar-refractivity contribution in [2.45, 2.75) is 11.6 Å². The van der Waals surface area contributed by atoms with Gasteiger partial charge in [-0.1, -0.05) is 12.1 Å². The molecular formula is C11H14N4O2S. The van der Waals surface area contributed by atoms with E-state index in [1.54, 1.807) is 18.2 Å². The molecule has 0 saturated carbocycles. The smallest absolute Gasteiger partial charge is 0.260 e. The maximum atomic E-state index is 12.1. The van der Waals surface area contributed by atoms with Crippen LogP contribution in [0.2, 0.25) is 0 Å². The Bertz CT molecular complexity index is 622. The van der Waals surface area contributed by atoms with Crippen LogP contribution in [0.15, 0.2) is 41.8 Å². The second kappa shape index (κ2) is 4.79. The lowest BCUT2D eigenvalue weighted by Gasteiger charge is -2.16. The summed E-state index contributed by atoms with van der Waals surface area (Å²) in [5, 5.41) is 0.0777. The van der Waals surface area contributed by atoms with Crippen LogP contribution in [-0.2, 0) is 16.6 Å². The highest BCUT2D eigenvalue weighted by atomic mass is 32.2. The summed E-state index contributed by atoms with van der Waals surface area (Å²) in [4.78, 5) is 6.30. The third kappa shape index (κ3) is 2.52. The molecule has 0 amide bonds. The zero-order valence-corrected chi connectivity index (χ0v) is 10.7. The quantitative estimate of drug-likeness (QED) is 0.801. The van der Waals surface area contributed by atoms with Crippen LogP contribution in [0.1, 0.15) is 5.56 Å². The lowest BCUT2D eigenvalue weighted by molar-refractivity contribution is 0.464. The number of imidazole rings is 1. The average molecular weight is 266 g/mol. The van der Waals surface area contributed by atoms with E-state index in [0.717, 1.165) is 5.56 Å². The molecule has 0 aliphatic heterocycles. The molecule has 3 N–H and O–H groups in total. The molecule has 6 nitrogen and oxygen atoms in total. The largest absolute Gasteiger partial charge is 0.399 e. The van der Waals surface area contributed by atoms with Crippen LogP contribution in [0, 0.1) is 0 Å². The Labute approximate surface area is 106 Å². The van der Waals surface area contributed by atoms with Crippen molar-refractivity contribution in [3.63, 3.8) is 0 Å².